The first kappa shape index (κ1) is 24.5. The molecule has 0 N–H and O–H groups in total. The average molecular weight is 509 g/mol. The minimum Gasteiger partial charge on any atom is -0.415 e. The normalized spacial score (nSPS) is 14.4. The van der Waals surface area contributed by atoms with Gasteiger partial charge in [0.2, 0.25) is 17.7 Å². The molecule has 0 radical (unpaired) electrons. The second-order valence-electron chi connectivity index (χ2n) is 8.93. The van der Waals surface area contributed by atoms with Gasteiger partial charge in [0.25, 0.3) is 5.89 Å². The van der Waals surface area contributed by atoms with E-state index in [1.807, 2.05) is 48.4 Å². The number of likely N-dealkylation sites (tertiary alicyclic amines) is 1. The van der Waals surface area contributed by atoms with Crippen LogP contribution in [0.3, 0.4) is 0 Å². The Morgan fingerprint density at radius 2 is 1.89 bits per heavy atom. The number of fused-ring (bicyclic) bond motifs is 1. The molecule has 1 aromatic carbocycles. The fourth-order valence-corrected chi connectivity index (χ4v) is 4.57. The monoisotopic (exact) mass is 508 g/mol. The molecule has 5 rings (SSSR count). The number of halogens is 2. The standard InChI is InChI=1S/C26H26F2N6O3/c1-2-22(35)32-11-8-17(9-12-32)26(36)34(20-6-4-3-5-7-20)16-19-15-33-13-10-18(14-21(33)29-19)24-30-31-25(37-24)23(27)28/h3-7,10,13-15,17,23H,2,8-9,11-12,16H2,1H3. The molecule has 0 saturated carbocycles. The summed E-state index contributed by atoms with van der Waals surface area (Å²) in [5, 5.41) is 7.07. The smallest absolute Gasteiger partial charge is 0.314 e. The molecule has 0 unspecified atom stereocenters. The Kier molecular flexibility index (Phi) is 6.93. The number of nitrogens with zero attached hydrogens (tertiary/aromatic N) is 6. The van der Waals surface area contributed by atoms with Crippen LogP contribution in [0.4, 0.5) is 14.5 Å². The first-order valence-corrected chi connectivity index (χ1v) is 12.2. The number of carbonyl (C=O) groups is 2. The summed E-state index contributed by atoms with van der Waals surface area (Å²) < 4.78 is 32.5. The number of hydrogen-bond donors (Lipinski definition) is 0. The van der Waals surface area contributed by atoms with Gasteiger partial charge in [0.05, 0.1) is 12.2 Å². The van der Waals surface area contributed by atoms with Gasteiger partial charge in [-0.1, -0.05) is 25.1 Å². The Labute approximate surface area is 211 Å². The number of alkyl halides is 2. The topological polar surface area (TPSA) is 96.8 Å². The van der Waals surface area contributed by atoms with Gasteiger partial charge in [-0.05, 0) is 37.1 Å². The maximum Gasteiger partial charge on any atom is 0.314 e. The second-order valence-corrected chi connectivity index (χ2v) is 8.93. The van der Waals surface area contributed by atoms with E-state index in [0.29, 0.717) is 49.3 Å². The number of hydrogen-bond acceptors (Lipinski definition) is 6. The molecule has 1 aliphatic rings. The third kappa shape index (κ3) is 5.20. The fraction of sp³-hybridized carbons (Fsp3) is 0.346. The third-order valence-corrected chi connectivity index (χ3v) is 6.54. The maximum absolute atomic E-state index is 13.7. The molecule has 0 aliphatic carbocycles. The number of benzene rings is 1. The van der Waals surface area contributed by atoms with Crippen LogP contribution in [0.2, 0.25) is 0 Å². The van der Waals surface area contributed by atoms with Gasteiger partial charge in [-0.25, -0.2) is 4.98 Å². The highest BCUT2D eigenvalue weighted by Gasteiger charge is 2.31. The van der Waals surface area contributed by atoms with E-state index in [2.05, 4.69) is 15.2 Å². The van der Waals surface area contributed by atoms with Gasteiger partial charge in [0.15, 0.2) is 0 Å². The van der Waals surface area contributed by atoms with E-state index in [0.717, 1.165) is 5.69 Å². The van der Waals surface area contributed by atoms with E-state index in [1.165, 1.54) is 0 Å². The summed E-state index contributed by atoms with van der Waals surface area (Å²) >= 11 is 0. The number of anilines is 1. The van der Waals surface area contributed by atoms with Crippen molar-refractivity contribution < 1.29 is 22.8 Å². The lowest BCUT2D eigenvalue weighted by atomic mass is 9.94. The lowest BCUT2D eigenvalue weighted by Crippen LogP contribution is -2.44. The zero-order valence-corrected chi connectivity index (χ0v) is 20.3. The Balaban J connectivity index is 1.37. The zero-order chi connectivity index (χ0) is 25.9. The van der Waals surface area contributed by atoms with Crippen molar-refractivity contribution in [3.8, 4) is 11.5 Å². The predicted molar refractivity (Wildman–Crippen MR) is 131 cm³/mol. The van der Waals surface area contributed by atoms with Crippen LogP contribution in [0.5, 0.6) is 0 Å². The molecule has 4 heterocycles. The lowest BCUT2D eigenvalue weighted by molar-refractivity contribution is -0.134. The number of piperidine rings is 1. The molecule has 11 heteroatoms. The summed E-state index contributed by atoms with van der Waals surface area (Å²) in [6.07, 6.45) is 2.40. The molecule has 1 fully saturated rings. The molecule has 0 bridgehead atoms. The van der Waals surface area contributed by atoms with Crippen LogP contribution in [0.1, 0.15) is 44.2 Å². The van der Waals surface area contributed by atoms with Crippen molar-refractivity contribution in [3.63, 3.8) is 0 Å². The number of rotatable bonds is 7. The molecule has 37 heavy (non-hydrogen) atoms. The molecule has 9 nitrogen and oxygen atoms in total. The van der Waals surface area contributed by atoms with Gasteiger partial charge < -0.3 is 18.6 Å². The van der Waals surface area contributed by atoms with Gasteiger partial charge >= 0.3 is 6.43 Å². The number of pyridine rings is 1. The molecule has 1 aliphatic heterocycles. The minimum atomic E-state index is -2.84. The zero-order valence-electron chi connectivity index (χ0n) is 20.3. The van der Waals surface area contributed by atoms with E-state index in [-0.39, 0.29) is 30.2 Å². The molecule has 2 amide bonds. The van der Waals surface area contributed by atoms with Gasteiger partial charge in [-0.2, -0.15) is 8.78 Å². The van der Waals surface area contributed by atoms with E-state index in [1.54, 1.807) is 27.6 Å². The molecule has 1 saturated heterocycles. The summed E-state index contributed by atoms with van der Waals surface area (Å²) in [5.74, 6) is -0.831. The molecule has 192 valence electrons. The van der Waals surface area contributed by atoms with Crippen molar-refractivity contribution >= 4 is 23.1 Å². The van der Waals surface area contributed by atoms with Gasteiger partial charge in [0, 0.05) is 49.1 Å². The number of aromatic nitrogens is 4. The van der Waals surface area contributed by atoms with Crippen molar-refractivity contribution in [1.29, 1.82) is 0 Å². The molecular weight excluding hydrogens is 482 g/mol. The molecule has 4 aromatic rings. The predicted octanol–water partition coefficient (Wildman–Crippen LogP) is 4.50. The minimum absolute atomic E-state index is 0.00192. The van der Waals surface area contributed by atoms with Crippen LogP contribution in [0, 0.1) is 5.92 Å². The van der Waals surface area contributed by atoms with E-state index < -0.39 is 12.3 Å². The second kappa shape index (κ2) is 10.5. The molecular formula is C26H26F2N6O3. The molecule has 3 aromatic heterocycles. The third-order valence-electron chi connectivity index (χ3n) is 6.54. The lowest BCUT2D eigenvalue weighted by Gasteiger charge is -2.34. The Morgan fingerprint density at radius 3 is 2.57 bits per heavy atom. The van der Waals surface area contributed by atoms with Crippen LogP contribution in [-0.4, -0.2) is 49.4 Å². The quantitative estimate of drug-likeness (QED) is 0.365. The Morgan fingerprint density at radius 1 is 1.14 bits per heavy atom. The van der Waals surface area contributed by atoms with Crippen molar-refractivity contribution in [2.75, 3.05) is 18.0 Å². The fourth-order valence-electron chi connectivity index (χ4n) is 4.57. The van der Waals surface area contributed by atoms with Crippen molar-refractivity contribution in [1.82, 2.24) is 24.5 Å². The van der Waals surface area contributed by atoms with Crippen LogP contribution < -0.4 is 4.90 Å². The van der Waals surface area contributed by atoms with Gasteiger partial charge in [-0.3, -0.25) is 9.59 Å². The van der Waals surface area contributed by atoms with E-state index >= 15 is 0 Å². The summed E-state index contributed by atoms with van der Waals surface area (Å²) in [6, 6.07) is 12.8. The highest BCUT2D eigenvalue weighted by Crippen LogP contribution is 2.27. The maximum atomic E-state index is 13.7. The molecule has 0 atom stereocenters. The first-order chi connectivity index (χ1) is 17.9. The van der Waals surface area contributed by atoms with Crippen LogP contribution in [0.25, 0.3) is 17.1 Å². The first-order valence-electron chi connectivity index (χ1n) is 12.2. The Bertz CT molecular complexity index is 1400. The summed E-state index contributed by atoms with van der Waals surface area (Å²) in [7, 11) is 0. The van der Waals surface area contributed by atoms with Crippen LogP contribution in [0.15, 0.2) is 59.3 Å². The number of carbonyl (C=O) groups excluding carboxylic acids is 2. The highest BCUT2D eigenvalue weighted by atomic mass is 19.3. The molecule has 0 spiro atoms. The van der Waals surface area contributed by atoms with Crippen molar-refractivity contribution in [2.45, 2.75) is 39.2 Å². The van der Waals surface area contributed by atoms with Gasteiger partial charge in [-0.15, -0.1) is 10.2 Å². The number of imidazole rings is 1. The largest absolute Gasteiger partial charge is 0.415 e. The average Bonchev–Trinajstić information content (AvgIpc) is 3.58. The number of para-hydroxylation sites is 1. The summed E-state index contributed by atoms with van der Waals surface area (Å²) in [5.41, 5.74) is 2.44. The summed E-state index contributed by atoms with van der Waals surface area (Å²) in [6.45, 7) is 3.25. The van der Waals surface area contributed by atoms with E-state index in [9.17, 15) is 18.4 Å². The van der Waals surface area contributed by atoms with E-state index in [4.69, 9.17) is 4.42 Å². The van der Waals surface area contributed by atoms with Crippen molar-refractivity contribution in [2.24, 2.45) is 5.92 Å². The van der Waals surface area contributed by atoms with Crippen molar-refractivity contribution in [3.05, 3.63) is 66.4 Å². The SMILES string of the molecule is CCC(=O)N1CCC(C(=O)N(Cc2cn3ccc(-c4nnc(C(F)F)o4)cc3n2)c2ccccc2)CC1. The van der Waals surface area contributed by atoms with Crippen LogP contribution >= 0.6 is 0 Å². The summed E-state index contributed by atoms with van der Waals surface area (Å²) in [4.78, 5) is 33.9. The van der Waals surface area contributed by atoms with Crippen LogP contribution in [-0.2, 0) is 16.1 Å². The van der Waals surface area contributed by atoms with Gasteiger partial charge in [0.1, 0.15) is 5.65 Å². The number of amides is 2. The Hall–Kier alpha value is -4.15. The highest BCUT2D eigenvalue weighted by molar-refractivity contribution is 5.95.